The number of carbonyl (C=O) groups is 1. The van der Waals surface area contributed by atoms with E-state index in [9.17, 15) is 18.0 Å². The minimum Gasteiger partial charge on any atom is -0.443 e. The zero-order valence-electron chi connectivity index (χ0n) is 13.9. The molecule has 1 aliphatic heterocycles. The smallest absolute Gasteiger partial charge is 0.414 e. The monoisotopic (exact) mass is 343 g/mol. The molecule has 0 aliphatic carbocycles. The van der Waals surface area contributed by atoms with Crippen molar-refractivity contribution >= 4 is 6.09 Å². The first-order chi connectivity index (χ1) is 11.1. The molecule has 0 unspecified atom stereocenters. The van der Waals surface area contributed by atoms with E-state index in [2.05, 4.69) is 6.58 Å². The second kappa shape index (κ2) is 6.84. The van der Waals surface area contributed by atoms with Crippen molar-refractivity contribution in [2.24, 2.45) is 0 Å². The third-order valence-corrected chi connectivity index (χ3v) is 3.37. The topological polar surface area (TPSA) is 38.8 Å². The standard InChI is InChI=1S/C17H20F3NO3/c1-10-5-12(8-21(10)16(22)24-17(2,3)4)23-9-11-6-13(18)15(20)14(19)7-11/h6-7,12H,1,5,8-9H2,2-4H3/t12-/m0/s1. The van der Waals surface area contributed by atoms with Gasteiger partial charge in [0, 0.05) is 12.1 Å². The molecule has 4 nitrogen and oxygen atoms in total. The van der Waals surface area contributed by atoms with Gasteiger partial charge in [-0.05, 0) is 38.5 Å². The Balaban J connectivity index is 1.94. The molecule has 2 rings (SSSR count). The highest BCUT2D eigenvalue weighted by atomic mass is 19.2. The average molecular weight is 343 g/mol. The number of benzene rings is 1. The molecule has 1 aromatic rings. The van der Waals surface area contributed by atoms with Gasteiger partial charge in [0.2, 0.25) is 0 Å². The van der Waals surface area contributed by atoms with Crippen molar-refractivity contribution in [3.63, 3.8) is 0 Å². The second-order valence-corrected chi connectivity index (χ2v) is 6.67. The molecular formula is C17H20F3NO3. The zero-order chi connectivity index (χ0) is 18.1. The van der Waals surface area contributed by atoms with Crippen LogP contribution in [0.5, 0.6) is 0 Å². The minimum absolute atomic E-state index is 0.103. The first-order valence-electron chi connectivity index (χ1n) is 7.50. The van der Waals surface area contributed by atoms with Crippen LogP contribution in [0.15, 0.2) is 24.4 Å². The molecule has 0 saturated carbocycles. The van der Waals surface area contributed by atoms with Gasteiger partial charge in [0.15, 0.2) is 17.5 Å². The highest BCUT2D eigenvalue weighted by molar-refractivity contribution is 5.71. The fraction of sp³-hybridized carbons (Fsp3) is 0.471. The highest BCUT2D eigenvalue weighted by Gasteiger charge is 2.33. The van der Waals surface area contributed by atoms with Crippen LogP contribution >= 0.6 is 0 Å². The zero-order valence-corrected chi connectivity index (χ0v) is 13.9. The van der Waals surface area contributed by atoms with E-state index in [-0.39, 0.29) is 24.8 Å². The van der Waals surface area contributed by atoms with Crippen LogP contribution in [-0.2, 0) is 16.1 Å². The van der Waals surface area contributed by atoms with Crippen molar-refractivity contribution in [2.75, 3.05) is 6.54 Å². The van der Waals surface area contributed by atoms with Crippen LogP contribution < -0.4 is 0 Å². The second-order valence-electron chi connectivity index (χ2n) is 6.67. The third-order valence-electron chi connectivity index (χ3n) is 3.37. The van der Waals surface area contributed by atoms with Crippen molar-refractivity contribution in [1.82, 2.24) is 4.90 Å². The summed E-state index contributed by atoms with van der Waals surface area (Å²) in [6.45, 7) is 9.22. The Hall–Kier alpha value is -2.02. The van der Waals surface area contributed by atoms with Gasteiger partial charge in [0.1, 0.15) is 5.60 Å². The van der Waals surface area contributed by atoms with Gasteiger partial charge in [0.25, 0.3) is 0 Å². The fourth-order valence-electron chi connectivity index (χ4n) is 2.31. The van der Waals surface area contributed by atoms with Crippen LogP contribution in [0.3, 0.4) is 0 Å². The molecule has 0 N–H and O–H groups in total. The van der Waals surface area contributed by atoms with Gasteiger partial charge in [-0.2, -0.15) is 0 Å². The molecule has 1 aliphatic rings. The van der Waals surface area contributed by atoms with E-state index < -0.39 is 29.1 Å². The molecule has 24 heavy (non-hydrogen) atoms. The molecule has 1 saturated heterocycles. The maximum absolute atomic E-state index is 13.2. The van der Waals surface area contributed by atoms with E-state index in [1.54, 1.807) is 20.8 Å². The predicted molar refractivity (Wildman–Crippen MR) is 81.6 cm³/mol. The number of halogens is 3. The number of rotatable bonds is 3. The van der Waals surface area contributed by atoms with Gasteiger partial charge in [-0.15, -0.1) is 0 Å². The lowest BCUT2D eigenvalue weighted by molar-refractivity contribution is 0.0202. The van der Waals surface area contributed by atoms with Gasteiger partial charge in [-0.3, -0.25) is 4.90 Å². The summed E-state index contributed by atoms with van der Waals surface area (Å²) in [6.07, 6.45) is -0.496. The van der Waals surface area contributed by atoms with Crippen molar-refractivity contribution < 1.29 is 27.4 Å². The van der Waals surface area contributed by atoms with E-state index in [1.165, 1.54) is 4.90 Å². The Labute approximate surface area is 138 Å². The minimum atomic E-state index is -1.51. The van der Waals surface area contributed by atoms with Gasteiger partial charge < -0.3 is 9.47 Å². The largest absolute Gasteiger partial charge is 0.443 e. The molecule has 1 amide bonds. The summed E-state index contributed by atoms with van der Waals surface area (Å²) in [5.74, 6) is -4.04. The third kappa shape index (κ3) is 4.50. The number of nitrogens with zero attached hydrogens (tertiary/aromatic N) is 1. The van der Waals surface area contributed by atoms with Crippen molar-refractivity contribution in [1.29, 1.82) is 0 Å². The molecule has 0 spiro atoms. The molecule has 7 heteroatoms. The summed E-state index contributed by atoms with van der Waals surface area (Å²) in [6, 6.07) is 1.77. The maximum Gasteiger partial charge on any atom is 0.414 e. The van der Waals surface area contributed by atoms with E-state index in [1.807, 2.05) is 0 Å². The number of ether oxygens (including phenoxy) is 2. The molecule has 132 valence electrons. The first-order valence-corrected chi connectivity index (χ1v) is 7.50. The Bertz CT molecular complexity index is 632. The lowest BCUT2D eigenvalue weighted by Crippen LogP contribution is -2.35. The number of carbonyl (C=O) groups excluding carboxylic acids is 1. The highest BCUT2D eigenvalue weighted by Crippen LogP contribution is 2.26. The molecule has 0 aromatic heterocycles. The molecule has 1 atom stereocenters. The normalized spacial score (nSPS) is 18.2. The van der Waals surface area contributed by atoms with E-state index in [4.69, 9.17) is 9.47 Å². The van der Waals surface area contributed by atoms with Gasteiger partial charge in [-0.25, -0.2) is 18.0 Å². The number of likely N-dealkylation sites (tertiary alicyclic amines) is 1. The molecule has 0 radical (unpaired) electrons. The molecular weight excluding hydrogens is 323 g/mol. The summed E-state index contributed by atoms with van der Waals surface area (Å²) in [5, 5.41) is 0. The van der Waals surface area contributed by atoms with Crippen LogP contribution in [0, 0.1) is 17.5 Å². The quantitative estimate of drug-likeness (QED) is 0.774. The summed E-state index contributed by atoms with van der Waals surface area (Å²) in [5.41, 5.74) is 0.0953. The van der Waals surface area contributed by atoms with Crippen LogP contribution in [0.4, 0.5) is 18.0 Å². The molecule has 1 aromatic carbocycles. The molecule has 1 heterocycles. The Morgan fingerprint density at radius 1 is 1.29 bits per heavy atom. The SMILES string of the molecule is C=C1C[C@H](OCc2cc(F)c(F)c(F)c2)CN1C(=O)OC(C)(C)C. The van der Waals surface area contributed by atoms with E-state index >= 15 is 0 Å². The Morgan fingerprint density at radius 2 is 1.88 bits per heavy atom. The van der Waals surface area contributed by atoms with Crippen LogP contribution in [-0.4, -0.2) is 29.2 Å². The summed E-state index contributed by atoms with van der Waals surface area (Å²) in [7, 11) is 0. The van der Waals surface area contributed by atoms with Crippen molar-refractivity contribution in [3.05, 3.63) is 47.4 Å². The number of amides is 1. The Morgan fingerprint density at radius 3 is 2.42 bits per heavy atom. The molecule has 0 bridgehead atoms. The van der Waals surface area contributed by atoms with Crippen LogP contribution in [0.25, 0.3) is 0 Å². The van der Waals surface area contributed by atoms with Gasteiger partial charge >= 0.3 is 6.09 Å². The lowest BCUT2D eigenvalue weighted by Gasteiger charge is -2.24. The summed E-state index contributed by atoms with van der Waals surface area (Å²) in [4.78, 5) is 13.4. The summed E-state index contributed by atoms with van der Waals surface area (Å²) < 4.78 is 50.1. The van der Waals surface area contributed by atoms with Crippen molar-refractivity contribution in [3.8, 4) is 0 Å². The summed E-state index contributed by atoms with van der Waals surface area (Å²) >= 11 is 0. The first kappa shape index (κ1) is 18.3. The predicted octanol–water partition coefficient (Wildman–Crippen LogP) is 4.14. The van der Waals surface area contributed by atoms with Crippen molar-refractivity contribution in [2.45, 2.75) is 45.5 Å². The van der Waals surface area contributed by atoms with Crippen LogP contribution in [0.2, 0.25) is 0 Å². The van der Waals surface area contributed by atoms with Crippen LogP contribution in [0.1, 0.15) is 32.8 Å². The van der Waals surface area contributed by atoms with E-state index in [0.717, 1.165) is 12.1 Å². The average Bonchev–Trinajstić information content (AvgIpc) is 2.82. The van der Waals surface area contributed by atoms with E-state index in [0.29, 0.717) is 12.1 Å². The lowest BCUT2D eigenvalue weighted by atomic mass is 10.2. The Kier molecular flexibility index (Phi) is 5.22. The van der Waals surface area contributed by atoms with Gasteiger partial charge in [-0.1, -0.05) is 6.58 Å². The maximum atomic E-state index is 13.2. The number of hydrogen-bond donors (Lipinski definition) is 0. The molecule has 1 fully saturated rings. The fourth-order valence-corrected chi connectivity index (χ4v) is 2.31. The number of hydrogen-bond acceptors (Lipinski definition) is 3. The van der Waals surface area contributed by atoms with Gasteiger partial charge in [0.05, 0.1) is 19.3 Å².